The molecule has 0 aliphatic carbocycles. The highest BCUT2D eigenvalue weighted by molar-refractivity contribution is 5.35. The van der Waals surface area contributed by atoms with Gasteiger partial charge in [0.1, 0.15) is 0 Å². The average Bonchev–Trinajstić information content (AvgIpc) is 2.66. The minimum Gasteiger partial charge on any atom is -0.392 e. The summed E-state index contributed by atoms with van der Waals surface area (Å²) in [6, 6.07) is 3.84. The summed E-state index contributed by atoms with van der Waals surface area (Å²) >= 11 is 0. The van der Waals surface area contributed by atoms with Crippen molar-refractivity contribution < 1.29 is 5.11 Å². The topological polar surface area (TPSA) is 50.9 Å². The van der Waals surface area contributed by atoms with Gasteiger partial charge >= 0.3 is 0 Å². The molecule has 2 rings (SSSR count). The Morgan fingerprint density at radius 2 is 1.89 bits per heavy atom. The van der Waals surface area contributed by atoms with E-state index in [4.69, 9.17) is 0 Å². The fourth-order valence-corrected chi connectivity index (χ4v) is 2.03. The number of aryl methyl sites for hydroxylation is 1. The first kappa shape index (κ1) is 13.7. The second-order valence-corrected chi connectivity index (χ2v) is 5.28. The molecule has 0 spiro atoms. The van der Waals surface area contributed by atoms with Gasteiger partial charge in [-0.2, -0.15) is 5.10 Å². The monoisotopic (exact) mass is 259 g/mol. The molecule has 0 aromatic carbocycles. The van der Waals surface area contributed by atoms with Crippen molar-refractivity contribution >= 4 is 0 Å². The number of aromatic nitrogens is 3. The summed E-state index contributed by atoms with van der Waals surface area (Å²) in [5.41, 5.74) is 5.14. The summed E-state index contributed by atoms with van der Waals surface area (Å²) in [5.74, 6) is 1.10. The van der Waals surface area contributed by atoms with Crippen LogP contribution in [-0.4, -0.2) is 19.9 Å². The maximum Gasteiger partial charge on any atom is 0.154 e. The van der Waals surface area contributed by atoms with Crippen LogP contribution < -0.4 is 0 Å². The maximum atomic E-state index is 9.39. The Morgan fingerprint density at radius 1 is 1.21 bits per heavy atom. The van der Waals surface area contributed by atoms with E-state index >= 15 is 0 Å². The van der Waals surface area contributed by atoms with Gasteiger partial charge in [-0.15, -0.1) is 0 Å². The van der Waals surface area contributed by atoms with Crippen LogP contribution in [0.4, 0.5) is 0 Å². The molecule has 19 heavy (non-hydrogen) atoms. The van der Waals surface area contributed by atoms with Gasteiger partial charge in [-0.25, -0.2) is 9.67 Å². The second-order valence-electron chi connectivity index (χ2n) is 5.28. The van der Waals surface area contributed by atoms with Crippen molar-refractivity contribution in [2.45, 2.75) is 47.1 Å². The highest BCUT2D eigenvalue weighted by atomic mass is 16.3. The molecule has 0 atom stereocenters. The molecule has 0 amide bonds. The van der Waals surface area contributed by atoms with Crippen molar-refractivity contribution in [1.82, 2.24) is 14.8 Å². The van der Waals surface area contributed by atoms with Gasteiger partial charge in [-0.3, -0.25) is 0 Å². The van der Waals surface area contributed by atoms with E-state index in [0.717, 1.165) is 28.5 Å². The molecule has 2 aromatic rings. The summed E-state index contributed by atoms with van der Waals surface area (Å²) in [4.78, 5) is 4.66. The first-order valence-electron chi connectivity index (χ1n) is 6.59. The van der Waals surface area contributed by atoms with E-state index in [1.54, 1.807) is 0 Å². The summed E-state index contributed by atoms with van der Waals surface area (Å²) in [6.07, 6.45) is 0. The Morgan fingerprint density at radius 3 is 2.37 bits per heavy atom. The van der Waals surface area contributed by atoms with Gasteiger partial charge in [0.05, 0.1) is 12.3 Å². The second kappa shape index (κ2) is 5.13. The molecule has 0 unspecified atom stereocenters. The molecule has 102 valence electrons. The van der Waals surface area contributed by atoms with Crippen LogP contribution in [0.5, 0.6) is 0 Å². The van der Waals surface area contributed by atoms with E-state index in [9.17, 15) is 5.11 Å². The smallest absolute Gasteiger partial charge is 0.154 e. The lowest BCUT2D eigenvalue weighted by atomic mass is 10.1. The normalized spacial score (nSPS) is 11.3. The molecule has 2 heterocycles. The molecule has 0 aliphatic rings. The van der Waals surface area contributed by atoms with Crippen molar-refractivity contribution in [3.63, 3.8) is 0 Å². The molecule has 0 saturated carbocycles. The predicted molar refractivity (Wildman–Crippen MR) is 75.6 cm³/mol. The van der Waals surface area contributed by atoms with Gasteiger partial charge < -0.3 is 5.11 Å². The molecule has 1 N–H and O–H groups in total. The minimum absolute atomic E-state index is 0.0213. The maximum absolute atomic E-state index is 9.39. The van der Waals surface area contributed by atoms with Gasteiger partial charge in [0.15, 0.2) is 5.82 Å². The van der Waals surface area contributed by atoms with Crippen LogP contribution >= 0.6 is 0 Å². The van der Waals surface area contributed by atoms with Crippen LogP contribution in [0.25, 0.3) is 5.82 Å². The Labute approximate surface area is 114 Å². The van der Waals surface area contributed by atoms with Crippen molar-refractivity contribution in [2.75, 3.05) is 0 Å². The zero-order chi connectivity index (χ0) is 14.2. The lowest BCUT2D eigenvalue weighted by Gasteiger charge is -2.11. The molecule has 0 saturated heterocycles. The Kier molecular flexibility index (Phi) is 3.71. The number of rotatable bonds is 3. The summed E-state index contributed by atoms with van der Waals surface area (Å²) in [5, 5.41) is 13.9. The standard InChI is InChI=1S/C15H21N3O/c1-9(2)14-6-13(8-19)7-15(16-14)18-12(5)10(3)11(4)17-18/h6-7,9,19H,8H2,1-5H3. The van der Waals surface area contributed by atoms with E-state index in [1.165, 1.54) is 5.56 Å². The van der Waals surface area contributed by atoms with Crippen molar-refractivity contribution in [2.24, 2.45) is 0 Å². The molecule has 4 heteroatoms. The third-order valence-electron chi connectivity index (χ3n) is 3.54. The lowest BCUT2D eigenvalue weighted by molar-refractivity contribution is 0.281. The van der Waals surface area contributed by atoms with Gasteiger partial charge in [0, 0.05) is 11.4 Å². The van der Waals surface area contributed by atoms with Crippen LogP contribution in [0.15, 0.2) is 12.1 Å². The molecular weight excluding hydrogens is 238 g/mol. The van der Waals surface area contributed by atoms with Crippen LogP contribution in [-0.2, 0) is 6.61 Å². The summed E-state index contributed by atoms with van der Waals surface area (Å²) < 4.78 is 1.86. The number of pyridine rings is 1. The van der Waals surface area contributed by atoms with E-state index in [1.807, 2.05) is 30.7 Å². The Hall–Kier alpha value is -1.68. The Balaban J connectivity index is 2.61. The molecule has 0 fully saturated rings. The molecule has 4 nitrogen and oxygen atoms in total. The lowest BCUT2D eigenvalue weighted by Crippen LogP contribution is -2.06. The SMILES string of the molecule is Cc1nn(-c2cc(CO)cc(C(C)C)n2)c(C)c1C. The van der Waals surface area contributed by atoms with Crippen molar-refractivity contribution in [1.29, 1.82) is 0 Å². The van der Waals surface area contributed by atoms with E-state index < -0.39 is 0 Å². The molecule has 2 aromatic heterocycles. The summed E-state index contributed by atoms with van der Waals surface area (Å²) in [7, 11) is 0. The highest BCUT2D eigenvalue weighted by Crippen LogP contribution is 2.20. The number of aliphatic hydroxyl groups excluding tert-OH is 1. The van der Waals surface area contributed by atoms with Crippen LogP contribution in [0.3, 0.4) is 0 Å². The largest absolute Gasteiger partial charge is 0.392 e. The van der Waals surface area contributed by atoms with E-state index in [-0.39, 0.29) is 6.61 Å². The Bertz CT molecular complexity index is 600. The number of hydrogen-bond donors (Lipinski definition) is 1. The first-order valence-corrected chi connectivity index (χ1v) is 6.59. The molecule has 0 aliphatic heterocycles. The minimum atomic E-state index is 0.0213. The average molecular weight is 259 g/mol. The number of hydrogen-bond acceptors (Lipinski definition) is 3. The fourth-order valence-electron chi connectivity index (χ4n) is 2.03. The van der Waals surface area contributed by atoms with Crippen molar-refractivity contribution in [3.05, 3.63) is 40.3 Å². The third-order valence-corrected chi connectivity index (χ3v) is 3.54. The fraction of sp³-hybridized carbons (Fsp3) is 0.467. The summed E-state index contributed by atoms with van der Waals surface area (Å²) in [6.45, 7) is 10.3. The zero-order valence-corrected chi connectivity index (χ0v) is 12.2. The van der Waals surface area contributed by atoms with Gasteiger partial charge in [-0.1, -0.05) is 13.8 Å². The van der Waals surface area contributed by atoms with Crippen LogP contribution in [0.1, 0.15) is 48.0 Å². The van der Waals surface area contributed by atoms with Gasteiger partial charge in [0.25, 0.3) is 0 Å². The number of aliphatic hydroxyl groups is 1. The zero-order valence-electron chi connectivity index (χ0n) is 12.2. The number of nitrogens with zero attached hydrogens (tertiary/aromatic N) is 3. The van der Waals surface area contributed by atoms with E-state index in [2.05, 4.69) is 30.9 Å². The quantitative estimate of drug-likeness (QED) is 0.922. The third kappa shape index (κ3) is 2.54. The van der Waals surface area contributed by atoms with Crippen molar-refractivity contribution in [3.8, 4) is 5.82 Å². The van der Waals surface area contributed by atoms with Crippen LogP contribution in [0.2, 0.25) is 0 Å². The van der Waals surface area contributed by atoms with E-state index in [0.29, 0.717) is 5.92 Å². The van der Waals surface area contributed by atoms with Crippen LogP contribution in [0, 0.1) is 20.8 Å². The first-order chi connectivity index (χ1) is 8.93. The van der Waals surface area contributed by atoms with Gasteiger partial charge in [-0.05, 0) is 49.9 Å². The molecule has 0 radical (unpaired) electrons. The predicted octanol–water partition coefficient (Wildman–Crippen LogP) is 2.81. The highest BCUT2D eigenvalue weighted by Gasteiger charge is 2.12. The molecular formula is C15H21N3O. The van der Waals surface area contributed by atoms with Gasteiger partial charge in [0.2, 0.25) is 0 Å². The molecule has 0 bridgehead atoms.